The second kappa shape index (κ2) is 20.9. The maximum atomic E-state index is 2.36. The largest absolute Gasteiger partial charge is 0.374 e. The van der Waals surface area contributed by atoms with Gasteiger partial charge in [0.15, 0.2) is 0 Å². The molecular weight excluding hydrogens is 661 g/mol. The van der Waals surface area contributed by atoms with E-state index in [0.29, 0.717) is 0 Å². The van der Waals surface area contributed by atoms with E-state index >= 15 is 0 Å². The highest BCUT2D eigenvalue weighted by Crippen LogP contribution is 2.26. The highest BCUT2D eigenvalue weighted by molar-refractivity contribution is 5.57. The van der Waals surface area contributed by atoms with Crippen LogP contribution in [0.2, 0.25) is 0 Å². The van der Waals surface area contributed by atoms with Crippen LogP contribution >= 0.6 is 0 Å². The van der Waals surface area contributed by atoms with Gasteiger partial charge in [0.05, 0.1) is 0 Å². The van der Waals surface area contributed by atoms with Gasteiger partial charge in [-0.25, -0.2) is 0 Å². The fraction of sp³-hybridized carbons (Fsp3) is 0.417. The van der Waals surface area contributed by atoms with Gasteiger partial charge in [0, 0.05) is 96.3 Å². The zero-order valence-corrected chi connectivity index (χ0v) is 32.3. The van der Waals surface area contributed by atoms with Crippen LogP contribution in [-0.4, -0.2) is 80.7 Å². The molecule has 0 N–H and O–H groups in total. The average molecular weight is 729 g/mol. The molecule has 5 aliphatic rings. The van der Waals surface area contributed by atoms with Crippen LogP contribution in [0.4, 0.5) is 11.4 Å². The first-order valence-corrected chi connectivity index (χ1v) is 19.3. The molecular formula is C48H68N6. The van der Waals surface area contributed by atoms with Gasteiger partial charge in [-0.15, -0.1) is 0 Å². The van der Waals surface area contributed by atoms with E-state index in [1.165, 1.54) is 102 Å². The van der Waals surface area contributed by atoms with Gasteiger partial charge in [0.2, 0.25) is 0 Å². The van der Waals surface area contributed by atoms with Crippen molar-refractivity contribution in [3.8, 4) is 0 Å². The molecule has 0 unspecified atom stereocenters. The molecule has 1 aromatic heterocycles. The summed E-state index contributed by atoms with van der Waals surface area (Å²) in [6, 6.07) is 38.9. The third-order valence-electron chi connectivity index (χ3n) is 10.9. The minimum absolute atomic E-state index is 0. The average Bonchev–Trinajstić information content (AvgIpc) is 3.90. The molecule has 6 heteroatoms. The molecule has 0 radical (unpaired) electrons. The molecule has 4 aromatic carbocycles. The molecule has 0 amide bonds. The van der Waals surface area contributed by atoms with Crippen molar-refractivity contribution in [2.24, 2.45) is 0 Å². The molecule has 0 saturated carbocycles. The molecule has 0 bridgehead atoms. The number of likely N-dealkylation sites (N-methyl/N-ethyl adjacent to an activating group) is 3. The number of anilines is 2. The lowest BCUT2D eigenvalue weighted by Gasteiger charge is -2.26. The highest BCUT2D eigenvalue weighted by atomic mass is 15.2. The van der Waals surface area contributed by atoms with Crippen molar-refractivity contribution in [2.45, 2.75) is 73.3 Å². The molecule has 5 aromatic rings. The summed E-state index contributed by atoms with van der Waals surface area (Å²) in [5.74, 6) is 0. The monoisotopic (exact) mass is 729 g/mol. The SMILES string of the molecule is C.C.CN1CCCc2ccccc21.CN1CCc2ccccc21.CN1CCc2ccccc2C1.CN1CCn2cccc2C1.CN1Cc2ccccc2C1. The number of nitrogens with zero attached hydrogens (tertiary/aromatic N) is 6. The van der Waals surface area contributed by atoms with Crippen molar-refractivity contribution in [1.82, 2.24) is 19.3 Å². The van der Waals surface area contributed by atoms with Gasteiger partial charge in [-0.2, -0.15) is 0 Å². The fourth-order valence-corrected chi connectivity index (χ4v) is 7.81. The molecule has 0 atom stereocenters. The number of aromatic nitrogens is 1. The Balaban J connectivity index is 0.000000149. The van der Waals surface area contributed by atoms with Crippen LogP contribution in [0.3, 0.4) is 0 Å². The van der Waals surface area contributed by atoms with E-state index in [4.69, 9.17) is 0 Å². The number of benzene rings is 4. The van der Waals surface area contributed by atoms with Crippen LogP contribution in [0.15, 0.2) is 115 Å². The van der Waals surface area contributed by atoms with Crippen molar-refractivity contribution >= 4 is 11.4 Å². The van der Waals surface area contributed by atoms with Crippen LogP contribution in [0, 0.1) is 0 Å². The maximum absolute atomic E-state index is 2.36. The van der Waals surface area contributed by atoms with Crippen molar-refractivity contribution < 1.29 is 0 Å². The molecule has 0 fully saturated rings. The summed E-state index contributed by atoms with van der Waals surface area (Å²) in [4.78, 5) is 11.7. The second-order valence-electron chi connectivity index (χ2n) is 15.1. The normalized spacial score (nSPS) is 16.5. The van der Waals surface area contributed by atoms with E-state index in [0.717, 1.165) is 32.7 Å². The zero-order chi connectivity index (χ0) is 36.3. The number of para-hydroxylation sites is 2. The molecule has 10 rings (SSSR count). The van der Waals surface area contributed by atoms with Crippen molar-refractivity contribution in [3.05, 3.63) is 154 Å². The van der Waals surface area contributed by atoms with Crippen LogP contribution < -0.4 is 9.80 Å². The smallest absolute Gasteiger partial charge is 0.0396 e. The summed E-state index contributed by atoms with van der Waals surface area (Å²) >= 11 is 0. The van der Waals surface area contributed by atoms with Gasteiger partial charge >= 0.3 is 0 Å². The Kier molecular flexibility index (Phi) is 16.4. The quantitative estimate of drug-likeness (QED) is 0.158. The Morgan fingerprint density at radius 1 is 0.370 bits per heavy atom. The van der Waals surface area contributed by atoms with Crippen LogP contribution in [0.5, 0.6) is 0 Å². The lowest BCUT2D eigenvalue weighted by Crippen LogP contribution is -2.29. The maximum Gasteiger partial charge on any atom is 0.0396 e. The molecule has 6 heterocycles. The summed E-state index contributed by atoms with van der Waals surface area (Å²) < 4.78 is 2.32. The van der Waals surface area contributed by atoms with Gasteiger partial charge in [-0.1, -0.05) is 99.8 Å². The predicted octanol–water partition coefficient (Wildman–Crippen LogP) is 9.26. The van der Waals surface area contributed by atoms with Crippen molar-refractivity contribution in [3.63, 3.8) is 0 Å². The number of hydrogen-bond acceptors (Lipinski definition) is 5. The third-order valence-corrected chi connectivity index (χ3v) is 10.9. The summed E-state index contributed by atoms with van der Waals surface area (Å²) in [5.41, 5.74) is 13.3. The van der Waals surface area contributed by atoms with Crippen LogP contribution in [0.25, 0.3) is 0 Å². The van der Waals surface area contributed by atoms with Gasteiger partial charge in [0.1, 0.15) is 0 Å². The van der Waals surface area contributed by atoms with Gasteiger partial charge in [-0.05, 0) is 104 Å². The highest BCUT2D eigenvalue weighted by Gasteiger charge is 2.15. The van der Waals surface area contributed by atoms with Gasteiger partial charge in [-0.3, -0.25) is 9.80 Å². The standard InChI is InChI=1S/2C10H13N.2C9H11N.C8H12N2.2CH4/c1-11-8-4-6-9-5-2-3-7-10(9)11;1-11-7-6-9-4-2-3-5-10(9)8-11;1-10-6-8-4-2-3-5-9(8)7-10;1-10-7-6-8-4-2-3-5-9(8)10;1-9-5-6-10-4-2-3-8(10)7-9;;/h2-3,5,7H,4,6,8H2,1H3;2-5H,6-8H2,1H3;2*2-5H,6-7H2,1H3;2-4H,5-7H2,1H3;2*1H4. The molecule has 0 aliphatic carbocycles. The fourth-order valence-electron chi connectivity index (χ4n) is 7.81. The Labute approximate surface area is 328 Å². The minimum Gasteiger partial charge on any atom is -0.374 e. The predicted molar refractivity (Wildman–Crippen MR) is 234 cm³/mol. The van der Waals surface area contributed by atoms with E-state index in [-0.39, 0.29) is 14.9 Å². The van der Waals surface area contributed by atoms with E-state index in [1.807, 2.05) is 0 Å². The first-order chi connectivity index (χ1) is 25.3. The minimum atomic E-state index is 0. The molecule has 0 spiro atoms. The van der Waals surface area contributed by atoms with Crippen LogP contribution in [0.1, 0.15) is 60.3 Å². The Morgan fingerprint density at radius 3 is 1.44 bits per heavy atom. The third kappa shape index (κ3) is 11.6. The second-order valence-corrected chi connectivity index (χ2v) is 15.1. The van der Waals surface area contributed by atoms with E-state index in [9.17, 15) is 0 Å². The summed E-state index contributed by atoms with van der Waals surface area (Å²) in [5, 5.41) is 0. The van der Waals surface area contributed by atoms with Crippen molar-refractivity contribution in [2.75, 3.05) is 71.2 Å². The summed E-state index contributed by atoms with van der Waals surface area (Å²) in [7, 11) is 10.8. The Hall–Kier alpha value is -4.36. The van der Waals surface area contributed by atoms with Crippen molar-refractivity contribution in [1.29, 1.82) is 0 Å². The molecule has 54 heavy (non-hydrogen) atoms. The first kappa shape index (κ1) is 42.4. The van der Waals surface area contributed by atoms with Crippen LogP contribution in [-0.2, 0) is 52.0 Å². The Morgan fingerprint density at radius 2 is 0.833 bits per heavy atom. The summed E-state index contributed by atoms with van der Waals surface area (Å²) in [6.07, 6.45) is 7.13. The lowest BCUT2D eigenvalue weighted by molar-refractivity contribution is 0.270. The van der Waals surface area contributed by atoms with E-state index in [2.05, 4.69) is 180 Å². The lowest BCUT2D eigenvalue weighted by atomic mass is 10.0. The zero-order valence-electron chi connectivity index (χ0n) is 32.3. The van der Waals surface area contributed by atoms with E-state index in [1.54, 1.807) is 0 Å². The number of hydrogen-bond donors (Lipinski definition) is 0. The number of aryl methyl sites for hydroxylation is 1. The summed E-state index contributed by atoms with van der Waals surface area (Å²) in [6.45, 7) is 10.4. The molecule has 5 aliphatic heterocycles. The molecule has 0 saturated heterocycles. The number of fused-ring (bicyclic) bond motifs is 5. The first-order valence-electron chi connectivity index (χ1n) is 19.3. The van der Waals surface area contributed by atoms with Gasteiger partial charge < -0.3 is 19.3 Å². The Bertz CT molecular complexity index is 1820. The topological polar surface area (TPSA) is 21.1 Å². The van der Waals surface area contributed by atoms with Gasteiger partial charge in [0.25, 0.3) is 0 Å². The molecule has 6 nitrogen and oxygen atoms in total. The van der Waals surface area contributed by atoms with E-state index < -0.39 is 0 Å². The molecule has 290 valence electrons. The number of rotatable bonds is 0.